The van der Waals surface area contributed by atoms with E-state index in [9.17, 15) is 8.42 Å². The van der Waals surface area contributed by atoms with Gasteiger partial charge >= 0.3 is 10.2 Å². The predicted octanol–water partition coefficient (Wildman–Crippen LogP) is 1.16. The SMILES string of the molecule is O=S(=O)(NOc1ccccc1)n1cccc1. The molecule has 0 spiro atoms. The summed E-state index contributed by atoms with van der Waals surface area (Å²) < 4.78 is 24.2. The third kappa shape index (κ3) is 2.41. The lowest BCUT2D eigenvalue weighted by molar-refractivity contribution is 0.267. The number of hydrogen-bond donors (Lipinski definition) is 1. The zero-order valence-electron chi connectivity index (χ0n) is 8.28. The summed E-state index contributed by atoms with van der Waals surface area (Å²) in [6.07, 6.45) is 2.83. The van der Waals surface area contributed by atoms with E-state index in [1.807, 2.05) is 11.0 Å². The van der Waals surface area contributed by atoms with Gasteiger partial charge in [-0.1, -0.05) is 18.2 Å². The summed E-state index contributed by atoms with van der Waals surface area (Å²) in [5.41, 5.74) is 0. The molecule has 0 bridgehead atoms. The van der Waals surface area contributed by atoms with Crippen molar-refractivity contribution in [3.8, 4) is 5.75 Å². The van der Waals surface area contributed by atoms with Crippen LogP contribution < -0.4 is 9.72 Å². The smallest absolute Gasteiger partial charge is 0.336 e. The monoisotopic (exact) mass is 238 g/mol. The van der Waals surface area contributed by atoms with Gasteiger partial charge in [0.25, 0.3) is 0 Å². The van der Waals surface area contributed by atoms with Gasteiger partial charge in [-0.15, -0.1) is 0 Å². The summed E-state index contributed by atoms with van der Waals surface area (Å²) in [7, 11) is -3.67. The largest absolute Gasteiger partial charge is 0.392 e. The van der Waals surface area contributed by atoms with Crippen molar-refractivity contribution in [1.29, 1.82) is 0 Å². The van der Waals surface area contributed by atoms with E-state index >= 15 is 0 Å². The minimum Gasteiger partial charge on any atom is -0.392 e. The van der Waals surface area contributed by atoms with E-state index in [1.54, 1.807) is 36.4 Å². The highest BCUT2D eigenvalue weighted by Crippen LogP contribution is 2.07. The maximum Gasteiger partial charge on any atom is 0.336 e. The second kappa shape index (κ2) is 4.38. The lowest BCUT2D eigenvalue weighted by Crippen LogP contribution is -2.31. The van der Waals surface area contributed by atoms with E-state index in [-0.39, 0.29) is 0 Å². The first-order valence-electron chi connectivity index (χ1n) is 4.56. The van der Waals surface area contributed by atoms with Crippen LogP contribution in [-0.4, -0.2) is 12.4 Å². The van der Waals surface area contributed by atoms with Crippen LogP contribution in [0.1, 0.15) is 0 Å². The van der Waals surface area contributed by atoms with Crippen LogP contribution >= 0.6 is 0 Å². The molecule has 0 radical (unpaired) electrons. The van der Waals surface area contributed by atoms with E-state index in [0.29, 0.717) is 5.75 Å². The molecule has 1 N–H and O–H groups in total. The lowest BCUT2D eigenvalue weighted by Gasteiger charge is -2.08. The van der Waals surface area contributed by atoms with Crippen LogP contribution in [-0.2, 0) is 10.2 Å². The highest BCUT2D eigenvalue weighted by atomic mass is 32.2. The first-order chi connectivity index (χ1) is 7.68. The molecule has 0 atom stereocenters. The first-order valence-corrected chi connectivity index (χ1v) is 6.00. The molecule has 0 saturated carbocycles. The highest BCUT2D eigenvalue weighted by molar-refractivity contribution is 7.87. The Balaban J connectivity index is 2.07. The van der Waals surface area contributed by atoms with Crippen molar-refractivity contribution in [2.75, 3.05) is 0 Å². The average molecular weight is 238 g/mol. The molecule has 0 aliphatic carbocycles. The van der Waals surface area contributed by atoms with Crippen LogP contribution in [0, 0.1) is 0 Å². The molecule has 1 aromatic carbocycles. The number of nitrogens with zero attached hydrogens (tertiary/aromatic N) is 1. The van der Waals surface area contributed by atoms with Crippen LogP contribution in [0.2, 0.25) is 0 Å². The minimum atomic E-state index is -3.67. The molecule has 0 unspecified atom stereocenters. The van der Waals surface area contributed by atoms with Crippen molar-refractivity contribution in [1.82, 2.24) is 8.86 Å². The van der Waals surface area contributed by atoms with Crippen LogP contribution in [0.4, 0.5) is 0 Å². The third-order valence-corrected chi connectivity index (χ3v) is 2.96. The van der Waals surface area contributed by atoms with E-state index < -0.39 is 10.2 Å². The fraction of sp³-hybridized carbons (Fsp3) is 0. The highest BCUT2D eigenvalue weighted by Gasteiger charge is 2.11. The average Bonchev–Trinajstić information content (AvgIpc) is 2.82. The molecular formula is C10H10N2O3S. The fourth-order valence-electron chi connectivity index (χ4n) is 1.11. The summed E-state index contributed by atoms with van der Waals surface area (Å²) in [6.45, 7) is 0. The Morgan fingerprint density at radius 3 is 2.25 bits per heavy atom. The quantitative estimate of drug-likeness (QED) is 0.813. The van der Waals surface area contributed by atoms with Crippen molar-refractivity contribution in [2.24, 2.45) is 0 Å². The molecule has 2 rings (SSSR count). The van der Waals surface area contributed by atoms with E-state index in [0.717, 1.165) is 3.97 Å². The van der Waals surface area contributed by atoms with Gasteiger partial charge in [0, 0.05) is 12.4 Å². The van der Waals surface area contributed by atoms with Crippen molar-refractivity contribution < 1.29 is 13.3 Å². The van der Waals surface area contributed by atoms with Gasteiger partial charge in [-0.25, -0.2) is 3.97 Å². The molecule has 0 saturated heterocycles. The molecule has 2 aromatic rings. The number of hydrogen-bond acceptors (Lipinski definition) is 3. The molecule has 1 aromatic heterocycles. The molecule has 6 heteroatoms. The topological polar surface area (TPSA) is 60.3 Å². The maximum atomic E-state index is 11.6. The molecule has 16 heavy (non-hydrogen) atoms. The van der Waals surface area contributed by atoms with E-state index in [1.165, 1.54) is 12.4 Å². The lowest BCUT2D eigenvalue weighted by atomic mass is 10.3. The summed E-state index contributed by atoms with van der Waals surface area (Å²) >= 11 is 0. The number of aromatic nitrogens is 1. The van der Waals surface area contributed by atoms with Crippen molar-refractivity contribution >= 4 is 10.2 Å². The maximum absolute atomic E-state index is 11.6. The number of benzene rings is 1. The zero-order valence-corrected chi connectivity index (χ0v) is 9.09. The Bertz CT molecular complexity index is 535. The fourth-order valence-corrected chi connectivity index (χ4v) is 1.86. The standard InChI is InChI=1S/C10H10N2O3S/c13-16(14,12-8-4-5-9-12)11-15-10-6-2-1-3-7-10/h1-9,11H. The molecule has 84 valence electrons. The Labute approximate surface area is 93.4 Å². The molecule has 5 nitrogen and oxygen atoms in total. The van der Waals surface area contributed by atoms with E-state index in [4.69, 9.17) is 4.84 Å². The van der Waals surface area contributed by atoms with Crippen molar-refractivity contribution in [3.63, 3.8) is 0 Å². The van der Waals surface area contributed by atoms with Gasteiger partial charge in [-0.2, -0.15) is 8.42 Å². The second-order valence-corrected chi connectivity index (χ2v) is 4.55. The van der Waals surface area contributed by atoms with E-state index in [2.05, 4.69) is 0 Å². The summed E-state index contributed by atoms with van der Waals surface area (Å²) in [5, 5.41) is 0. The van der Waals surface area contributed by atoms with Crippen molar-refractivity contribution in [3.05, 3.63) is 54.9 Å². The Morgan fingerprint density at radius 1 is 1.00 bits per heavy atom. The number of nitrogens with one attached hydrogen (secondary N) is 1. The predicted molar refractivity (Wildman–Crippen MR) is 59.0 cm³/mol. The summed E-state index contributed by atoms with van der Waals surface area (Å²) in [4.78, 5) is 6.95. The molecular weight excluding hydrogens is 228 g/mol. The Morgan fingerprint density at radius 2 is 1.62 bits per heavy atom. The van der Waals surface area contributed by atoms with Gasteiger partial charge in [0.15, 0.2) is 0 Å². The normalized spacial score (nSPS) is 11.2. The van der Waals surface area contributed by atoms with Crippen LogP contribution in [0.3, 0.4) is 0 Å². The molecule has 0 amide bonds. The minimum absolute atomic E-state index is 0.429. The van der Waals surface area contributed by atoms with Crippen LogP contribution in [0.15, 0.2) is 54.9 Å². The second-order valence-electron chi connectivity index (χ2n) is 3.02. The summed E-state index contributed by atoms with van der Waals surface area (Å²) in [5.74, 6) is 0.429. The van der Waals surface area contributed by atoms with Crippen molar-refractivity contribution in [2.45, 2.75) is 0 Å². The molecule has 0 fully saturated rings. The van der Waals surface area contributed by atoms with Gasteiger partial charge in [0.05, 0.1) is 0 Å². The van der Waals surface area contributed by atoms with Crippen LogP contribution in [0.25, 0.3) is 0 Å². The van der Waals surface area contributed by atoms with Gasteiger partial charge in [-0.3, -0.25) is 0 Å². The van der Waals surface area contributed by atoms with Gasteiger partial charge in [0.2, 0.25) is 0 Å². The summed E-state index contributed by atoms with van der Waals surface area (Å²) in [6, 6.07) is 11.8. The Kier molecular flexibility index (Phi) is 2.93. The Hall–Kier alpha value is -1.79. The first kappa shape index (κ1) is 10.7. The number of rotatable bonds is 4. The zero-order chi connectivity index (χ0) is 11.4. The molecule has 1 heterocycles. The molecule has 0 aliphatic rings. The van der Waals surface area contributed by atoms with Gasteiger partial charge in [-0.05, 0) is 29.2 Å². The van der Waals surface area contributed by atoms with Crippen LogP contribution in [0.5, 0.6) is 5.75 Å². The number of para-hydroxylation sites is 1. The third-order valence-electron chi connectivity index (χ3n) is 1.86. The molecule has 0 aliphatic heterocycles. The van der Waals surface area contributed by atoms with Gasteiger partial charge < -0.3 is 4.84 Å². The van der Waals surface area contributed by atoms with Gasteiger partial charge in [0.1, 0.15) is 5.75 Å².